The van der Waals surface area contributed by atoms with Gasteiger partial charge in [0.2, 0.25) is 0 Å². The molecule has 0 amide bonds. The topological polar surface area (TPSA) is 55.8 Å². The fourth-order valence-corrected chi connectivity index (χ4v) is 5.21. The lowest BCUT2D eigenvalue weighted by Crippen LogP contribution is -2.41. The van der Waals surface area contributed by atoms with Crippen molar-refractivity contribution >= 4 is 7.82 Å². The highest BCUT2D eigenvalue weighted by atomic mass is 31.2. The van der Waals surface area contributed by atoms with E-state index in [2.05, 4.69) is 27.9 Å². The summed E-state index contributed by atoms with van der Waals surface area (Å²) < 4.78 is 23.3. The molecular formula is C28H61NO4P+. The predicted molar refractivity (Wildman–Crippen MR) is 147 cm³/mol. The van der Waals surface area contributed by atoms with E-state index in [1.165, 1.54) is 109 Å². The van der Waals surface area contributed by atoms with Gasteiger partial charge in [0.1, 0.15) is 0 Å². The van der Waals surface area contributed by atoms with Crippen LogP contribution in [0.25, 0.3) is 0 Å². The van der Waals surface area contributed by atoms with E-state index >= 15 is 0 Å². The number of nitrogens with zero attached hydrogens (tertiary/aromatic N) is 1. The van der Waals surface area contributed by atoms with Crippen LogP contribution in [0.2, 0.25) is 0 Å². The fraction of sp³-hybridized carbons (Fsp3) is 1.00. The second kappa shape index (κ2) is 23.5. The molecule has 0 radical (unpaired) electrons. The molecule has 0 bridgehead atoms. The first-order chi connectivity index (χ1) is 16.3. The minimum atomic E-state index is -3.89. The Morgan fingerprint density at radius 3 is 1.24 bits per heavy atom. The van der Waals surface area contributed by atoms with Crippen molar-refractivity contribution < 1.29 is 23.0 Å². The van der Waals surface area contributed by atoms with E-state index in [1.54, 1.807) is 0 Å². The normalized spacial score (nSPS) is 13.9. The molecule has 1 N–H and O–H groups in total. The molecule has 0 aliphatic heterocycles. The van der Waals surface area contributed by atoms with Crippen molar-refractivity contribution in [3.63, 3.8) is 0 Å². The SMILES string of the molecule is CCCCCCCCCCCC[N+](C)(C)CCCCOP(=O)(O)OCCCCCCCCCC. The Labute approximate surface area is 213 Å². The van der Waals surface area contributed by atoms with Gasteiger partial charge in [0, 0.05) is 0 Å². The van der Waals surface area contributed by atoms with Gasteiger partial charge in [-0.05, 0) is 32.1 Å². The molecule has 0 fully saturated rings. The summed E-state index contributed by atoms with van der Waals surface area (Å²) in [7, 11) is 0.692. The van der Waals surface area contributed by atoms with E-state index in [-0.39, 0.29) is 0 Å². The number of hydrogen-bond donors (Lipinski definition) is 1. The maximum atomic E-state index is 12.0. The standard InChI is InChI=1S/C28H60NO4P/c1-5-7-9-11-13-15-16-17-19-21-25-29(3,4)26-22-24-28-33-34(30,31)32-27-23-20-18-14-12-10-8-6-2/h5-28H2,1-4H3/p+1. The highest BCUT2D eigenvalue weighted by Crippen LogP contribution is 2.43. The third kappa shape index (κ3) is 25.2. The summed E-state index contributed by atoms with van der Waals surface area (Å²) in [5.74, 6) is 0. The molecule has 34 heavy (non-hydrogen) atoms. The zero-order valence-electron chi connectivity index (χ0n) is 23.5. The third-order valence-corrected chi connectivity index (χ3v) is 7.80. The summed E-state index contributed by atoms with van der Waals surface area (Å²) >= 11 is 0. The van der Waals surface area contributed by atoms with Gasteiger partial charge in [-0.2, -0.15) is 0 Å². The van der Waals surface area contributed by atoms with Crippen LogP contribution in [0, 0.1) is 0 Å². The van der Waals surface area contributed by atoms with Crippen molar-refractivity contribution in [1.29, 1.82) is 0 Å². The maximum absolute atomic E-state index is 12.0. The Hall–Kier alpha value is 0.0700. The summed E-state index contributed by atoms with van der Waals surface area (Å²) in [5.41, 5.74) is 0. The van der Waals surface area contributed by atoms with Crippen LogP contribution in [-0.2, 0) is 13.6 Å². The lowest BCUT2D eigenvalue weighted by atomic mass is 10.1. The van der Waals surface area contributed by atoms with Crippen molar-refractivity contribution in [3.05, 3.63) is 0 Å². The molecule has 6 heteroatoms. The molecule has 0 heterocycles. The Balaban J connectivity index is 3.57. The lowest BCUT2D eigenvalue weighted by Gasteiger charge is -2.30. The monoisotopic (exact) mass is 506 g/mol. The fourth-order valence-electron chi connectivity index (χ4n) is 4.41. The Morgan fingerprint density at radius 1 is 0.529 bits per heavy atom. The molecule has 0 saturated heterocycles. The minimum Gasteiger partial charge on any atom is -0.328 e. The van der Waals surface area contributed by atoms with Gasteiger partial charge in [0.05, 0.1) is 40.4 Å². The summed E-state index contributed by atoms with van der Waals surface area (Å²) in [5, 5.41) is 0. The van der Waals surface area contributed by atoms with Crippen LogP contribution < -0.4 is 0 Å². The molecule has 0 aromatic rings. The van der Waals surface area contributed by atoms with Gasteiger partial charge in [-0.15, -0.1) is 0 Å². The Morgan fingerprint density at radius 2 is 0.824 bits per heavy atom. The van der Waals surface area contributed by atoms with Crippen LogP contribution >= 0.6 is 7.82 Å². The zero-order chi connectivity index (χ0) is 25.4. The Kier molecular flexibility index (Phi) is 23.5. The van der Waals surface area contributed by atoms with Crippen molar-refractivity contribution in [3.8, 4) is 0 Å². The van der Waals surface area contributed by atoms with Gasteiger partial charge >= 0.3 is 7.82 Å². The molecule has 0 aromatic heterocycles. The zero-order valence-corrected chi connectivity index (χ0v) is 24.4. The van der Waals surface area contributed by atoms with Crippen molar-refractivity contribution in [1.82, 2.24) is 0 Å². The summed E-state index contributed by atoms with van der Waals surface area (Å²) in [6.07, 6.45) is 25.1. The van der Waals surface area contributed by atoms with Crippen LogP contribution in [0.1, 0.15) is 142 Å². The van der Waals surface area contributed by atoms with Crippen LogP contribution in [0.4, 0.5) is 0 Å². The molecule has 0 spiro atoms. The molecular weight excluding hydrogens is 445 g/mol. The average Bonchev–Trinajstić information content (AvgIpc) is 2.79. The molecule has 1 atom stereocenters. The van der Waals surface area contributed by atoms with Gasteiger partial charge in [-0.3, -0.25) is 9.05 Å². The number of rotatable bonds is 27. The van der Waals surface area contributed by atoms with Gasteiger partial charge in [0.25, 0.3) is 0 Å². The largest absolute Gasteiger partial charge is 0.472 e. The lowest BCUT2D eigenvalue weighted by molar-refractivity contribution is -0.890. The number of phosphoric acid groups is 1. The molecule has 206 valence electrons. The van der Waals surface area contributed by atoms with Crippen LogP contribution in [0.3, 0.4) is 0 Å². The van der Waals surface area contributed by atoms with Crippen molar-refractivity contribution in [2.24, 2.45) is 0 Å². The smallest absolute Gasteiger partial charge is 0.328 e. The van der Waals surface area contributed by atoms with Crippen LogP contribution in [0.5, 0.6) is 0 Å². The number of unbranched alkanes of at least 4 members (excludes halogenated alkanes) is 17. The van der Waals surface area contributed by atoms with Crippen LogP contribution in [0.15, 0.2) is 0 Å². The summed E-state index contributed by atoms with van der Waals surface area (Å²) in [6, 6.07) is 0. The van der Waals surface area contributed by atoms with E-state index in [0.29, 0.717) is 13.2 Å². The quantitative estimate of drug-likeness (QED) is 0.0686. The molecule has 0 rings (SSSR count). The molecule has 1 unspecified atom stereocenters. The number of quaternary nitrogens is 1. The summed E-state index contributed by atoms with van der Waals surface area (Å²) in [4.78, 5) is 9.84. The van der Waals surface area contributed by atoms with Crippen molar-refractivity contribution in [2.75, 3.05) is 40.4 Å². The molecule has 5 nitrogen and oxygen atoms in total. The van der Waals surface area contributed by atoms with E-state index in [4.69, 9.17) is 9.05 Å². The predicted octanol–water partition coefficient (Wildman–Crippen LogP) is 9.04. The highest BCUT2D eigenvalue weighted by molar-refractivity contribution is 7.47. The van der Waals surface area contributed by atoms with E-state index in [9.17, 15) is 9.46 Å². The van der Waals surface area contributed by atoms with E-state index < -0.39 is 7.82 Å². The first-order valence-electron chi connectivity index (χ1n) is 14.8. The second-order valence-electron chi connectivity index (χ2n) is 10.9. The molecule has 0 aromatic carbocycles. The number of hydrogen-bond acceptors (Lipinski definition) is 3. The molecule has 0 saturated carbocycles. The molecule has 0 aliphatic rings. The number of phosphoric ester groups is 1. The summed E-state index contributed by atoms with van der Waals surface area (Å²) in [6.45, 7) is 7.39. The van der Waals surface area contributed by atoms with E-state index in [1.807, 2.05) is 0 Å². The molecule has 0 aliphatic carbocycles. The maximum Gasteiger partial charge on any atom is 0.472 e. The van der Waals surface area contributed by atoms with Crippen LogP contribution in [-0.4, -0.2) is 49.8 Å². The highest BCUT2D eigenvalue weighted by Gasteiger charge is 2.20. The van der Waals surface area contributed by atoms with Gasteiger partial charge < -0.3 is 9.38 Å². The Bertz CT molecular complexity index is 473. The van der Waals surface area contributed by atoms with Gasteiger partial charge in [-0.1, -0.05) is 110 Å². The first kappa shape index (κ1) is 34.1. The van der Waals surface area contributed by atoms with E-state index in [0.717, 1.165) is 36.7 Å². The first-order valence-corrected chi connectivity index (χ1v) is 16.3. The van der Waals surface area contributed by atoms with Gasteiger partial charge in [0.15, 0.2) is 0 Å². The third-order valence-electron chi connectivity index (χ3n) is 6.78. The minimum absolute atomic E-state index is 0.295. The second-order valence-corrected chi connectivity index (χ2v) is 12.3. The van der Waals surface area contributed by atoms with Crippen molar-refractivity contribution in [2.45, 2.75) is 142 Å². The average molecular weight is 507 g/mol. The van der Waals surface area contributed by atoms with Gasteiger partial charge in [-0.25, -0.2) is 4.57 Å².